The van der Waals surface area contributed by atoms with Gasteiger partial charge in [-0.05, 0) is 30.2 Å². The molecule has 2 rings (SSSR count). The van der Waals surface area contributed by atoms with E-state index in [2.05, 4.69) is 10.1 Å². The Morgan fingerprint density at radius 2 is 2.29 bits per heavy atom. The van der Waals surface area contributed by atoms with Gasteiger partial charge in [0.05, 0.1) is 12.7 Å². The molecule has 0 fully saturated rings. The van der Waals surface area contributed by atoms with Gasteiger partial charge < -0.3 is 0 Å². The van der Waals surface area contributed by atoms with Crippen molar-refractivity contribution in [2.24, 2.45) is 0 Å². The van der Waals surface area contributed by atoms with E-state index in [-0.39, 0.29) is 5.56 Å². The fourth-order valence-electron chi connectivity index (χ4n) is 1.45. The zero-order valence-corrected chi connectivity index (χ0v) is 9.29. The summed E-state index contributed by atoms with van der Waals surface area (Å²) < 4.78 is 1.35. The van der Waals surface area contributed by atoms with E-state index in [0.717, 1.165) is 11.1 Å². The van der Waals surface area contributed by atoms with Gasteiger partial charge in [-0.3, -0.25) is 4.79 Å². The van der Waals surface area contributed by atoms with Crippen LogP contribution in [0.3, 0.4) is 0 Å². The lowest BCUT2D eigenvalue weighted by atomic mass is 10.2. The molecule has 0 N–H and O–H groups in total. The fraction of sp³-hybridized carbons (Fsp3) is 0.167. The first-order valence-corrected chi connectivity index (χ1v) is 5.08. The highest BCUT2D eigenvalue weighted by Gasteiger charge is 2.01. The standard InChI is InChI=1S/C12H10N4O/c1-9-4-12(17)16(15-7-9)8-10-2-3-14-11(5-10)6-13/h2-5,7H,8H2,1H3. The molecule has 0 saturated heterocycles. The van der Waals surface area contributed by atoms with Crippen molar-refractivity contribution in [3.63, 3.8) is 0 Å². The molecule has 0 aliphatic heterocycles. The van der Waals surface area contributed by atoms with Crippen molar-refractivity contribution in [3.05, 3.63) is 57.8 Å². The highest BCUT2D eigenvalue weighted by Crippen LogP contribution is 2.02. The van der Waals surface area contributed by atoms with Gasteiger partial charge in [0.25, 0.3) is 5.56 Å². The van der Waals surface area contributed by atoms with E-state index in [0.29, 0.717) is 12.2 Å². The number of aromatic nitrogens is 3. The number of nitrogens with zero attached hydrogens (tertiary/aromatic N) is 4. The zero-order valence-electron chi connectivity index (χ0n) is 9.29. The molecule has 0 spiro atoms. The van der Waals surface area contributed by atoms with Gasteiger partial charge >= 0.3 is 0 Å². The van der Waals surface area contributed by atoms with Gasteiger partial charge in [0.1, 0.15) is 11.8 Å². The summed E-state index contributed by atoms with van der Waals surface area (Å²) in [5, 5.41) is 12.8. The van der Waals surface area contributed by atoms with E-state index in [9.17, 15) is 4.79 Å². The van der Waals surface area contributed by atoms with E-state index in [1.165, 1.54) is 10.7 Å². The zero-order chi connectivity index (χ0) is 12.3. The second kappa shape index (κ2) is 4.58. The van der Waals surface area contributed by atoms with Crippen LogP contribution in [-0.2, 0) is 6.54 Å². The molecule has 0 aliphatic carbocycles. The molecule has 17 heavy (non-hydrogen) atoms. The predicted octanol–water partition coefficient (Wildman–Crippen LogP) is 0.867. The first kappa shape index (κ1) is 11.0. The molecule has 0 aromatic carbocycles. The molecular formula is C12H10N4O. The van der Waals surface area contributed by atoms with Crippen molar-refractivity contribution in [1.29, 1.82) is 5.26 Å². The van der Waals surface area contributed by atoms with Crippen molar-refractivity contribution in [2.45, 2.75) is 13.5 Å². The quantitative estimate of drug-likeness (QED) is 0.761. The molecule has 2 heterocycles. The maximum atomic E-state index is 11.6. The van der Waals surface area contributed by atoms with Crippen LogP contribution in [0.2, 0.25) is 0 Å². The summed E-state index contributed by atoms with van der Waals surface area (Å²) in [6.45, 7) is 2.16. The Labute approximate surface area is 98.0 Å². The topological polar surface area (TPSA) is 71.6 Å². The Hall–Kier alpha value is -2.48. The molecule has 5 heteroatoms. The molecule has 0 aliphatic rings. The summed E-state index contributed by atoms with van der Waals surface area (Å²) in [6.07, 6.45) is 3.18. The number of aryl methyl sites for hydroxylation is 1. The number of pyridine rings is 1. The lowest BCUT2D eigenvalue weighted by Gasteiger charge is -2.04. The second-order valence-electron chi connectivity index (χ2n) is 3.69. The van der Waals surface area contributed by atoms with Crippen molar-refractivity contribution in [3.8, 4) is 6.07 Å². The highest BCUT2D eigenvalue weighted by molar-refractivity contribution is 5.25. The third kappa shape index (κ3) is 2.55. The van der Waals surface area contributed by atoms with Gasteiger partial charge in [-0.15, -0.1) is 0 Å². The van der Waals surface area contributed by atoms with Crippen LogP contribution in [0.1, 0.15) is 16.8 Å². The average molecular weight is 226 g/mol. The Bertz CT molecular complexity index is 639. The molecule has 0 bridgehead atoms. The fourth-order valence-corrected chi connectivity index (χ4v) is 1.45. The minimum absolute atomic E-state index is 0.152. The average Bonchev–Trinajstić information content (AvgIpc) is 2.33. The van der Waals surface area contributed by atoms with Gasteiger partial charge in [-0.1, -0.05) is 0 Å². The first-order valence-electron chi connectivity index (χ1n) is 5.08. The molecule has 0 amide bonds. The van der Waals surface area contributed by atoms with Crippen LogP contribution in [0, 0.1) is 18.3 Å². The highest BCUT2D eigenvalue weighted by atomic mass is 16.1. The van der Waals surface area contributed by atoms with Crippen LogP contribution in [0.5, 0.6) is 0 Å². The summed E-state index contributed by atoms with van der Waals surface area (Å²) >= 11 is 0. The van der Waals surface area contributed by atoms with E-state index >= 15 is 0 Å². The van der Waals surface area contributed by atoms with Gasteiger partial charge in [0, 0.05) is 12.3 Å². The smallest absolute Gasteiger partial charge is 0.267 e. The predicted molar refractivity (Wildman–Crippen MR) is 61.3 cm³/mol. The van der Waals surface area contributed by atoms with Crippen LogP contribution in [-0.4, -0.2) is 14.8 Å². The Kier molecular flexibility index (Phi) is 2.97. The first-order chi connectivity index (χ1) is 8.19. The van der Waals surface area contributed by atoms with Crippen LogP contribution in [0.25, 0.3) is 0 Å². The molecule has 2 aromatic heterocycles. The van der Waals surface area contributed by atoms with Crippen LogP contribution in [0.4, 0.5) is 0 Å². The Morgan fingerprint density at radius 1 is 1.47 bits per heavy atom. The largest absolute Gasteiger partial charge is 0.268 e. The SMILES string of the molecule is Cc1cnn(Cc2ccnc(C#N)c2)c(=O)c1. The van der Waals surface area contributed by atoms with Crippen molar-refractivity contribution in [2.75, 3.05) is 0 Å². The van der Waals surface area contributed by atoms with Crippen molar-refractivity contribution >= 4 is 0 Å². The van der Waals surface area contributed by atoms with E-state index in [4.69, 9.17) is 5.26 Å². The summed E-state index contributed by atoms with van der Waals surface area (Å²) in [5.41, 5.74) is 1.84. The second-order valence-corrected chi connectivity index (χ2v) is 3.69. The third-order valence-corrected chi connectivity index (χ3v) is 2.28. The maximum absolute atomic E-state index is 11.6. The molecule has 0 saturated carbocycles. The Morgan fingerprint density at radius 3 is 3.00 bits per heavy atom. The normalized spacial score (nSPS) is 9.88. The molecular weight excluding hydrogens is 216 g/mol. The van der Waals surface area contributed by atoms with E-state index < -0.39 is 0 Å². The van der Waals surface area contributed by atoms with Crippen LogP contribution < -0.4 is 5.56 Å². The maximum Gasteiger partial charge on any atom is 0.267 e. The summed E-state index contributed by atoms with van der Waals surface area (Å²) in [6, 6.07) is 6.89. The molecule has 0 unspecified atom stereocenters. The van der Waals surface area contributed by atoms with Crippen molar-refractivity contribution < 1.29 is 0 Å². The number of hydrogen-bond donors (Lipinski definition) is 0. The molecule has 0 atom stereocenters. The van der Waals surface area contributed by atoms with Gasteiger partial charge in [0.15, 0.2) is 0 Å². The molecule has 0 radical (unpaired) electrons. The van der Waals surface area contributed by atoms with E-state index in [1.54, 1.807) is 24.5 Å². The minimum atomic E-state index is -0.152. The molecule has 2 aromatic rings. The summed E-state index contributed by atoms with van der Waals surface area (Å²) in [5.74, 6) is 0. The third-order valence-electron chi connectivity index (χ3n) is 2.28. The van der Waals surface area contributed by atoms with E-state index in [1.807, 2.05) is 13.0 Å². The molecule has 84 valence electrons. The minimum Gasteiger partial charge on any atom is -0.268 e. The number of nitriles is 1. The van der Waals surface area contributed by atoms with Crippen LogP contribution in [0.15, 0.2) is 35.4 Å². The monoisotopic (exact) mass is 226 g/mol. The Balaban J connectivity index is 2.32. The lowest BCUT2D eigenvalue weighted by Crippen LogP contribution is -2.22. The van der Waals surface area contributed by atoms with Crippen LogP contribution >= 0.6 is 0 Å². The van der Waals surface area contributed by atoms with Gasteiger partial charge in [0.2, 0.25) is 0 Å². The number of rotatable bonds is 2. The summed E-state index contributed by atoms with van der Waals surface area (Å²) in [4.78, 5) is 15.5. The molecule has 5 nitrogen and oxygen atoms in total. The van der Waals surface area contributed by atoms with Crippen molar-refractivity contribution in [1.82, 2.24) is 14.8 Å². The van der Waals surface area contributed by atoms with Gasteiger partial charge in [-0.25, -0.2) is 9.67 Å². The van der Waals surface area contributed by atoms with Gasteiger partial charge in [-0.2, -0.15) is 10.4 Å². The number of hydrogen-bond acceptors (Lipinski definition) is 4. The summed E-state index contributed by atoms with van der Waals surface area (Å²) in [7, 11) is 0. The lowest BCUT2D eigenvalue weighted by molar-refractivity contribution is 0.635.